The van der Waals surface area contributed by atoms with Crippen LogP contribution in [0.2, 0.25) is 0 Å². The molecule has 0 fully saturated rings. The van der Waals surface area contributed by atoms with E-state index in [4.69, 9.17) is 5.73 Å². The first-order valence-corrected chi connectivity index (χ1v) is 3.02. The molecule has 0 spiro atoms. The van der Waals surface area contributed by atoms with Crippen LogP contribution in [0.3, 0.4) is 0 Å². The fourth-order valence-corrected chi connectivity index (χ4v) is 0.761. The smallest absolute Gasteiger partial charge is 0.0519 e. The summed E-state index contributed by atoms with van der Waals surface area (Å²) in [5.41, 5.74) is 6.71. The van der Waals surface area contributed by atoms with Crippen molar-refractivity contribution < 1.29 is 0 Å². The third kappa shape index (κ3) is 1.85. The van der Waals surface area contributed by atoms with Crippen molar-refractivity contribution in [2.24, 2.45) is 5.73 Å². The molecule has 0 saturated carbocycles. The molecule has 0 aliphatic rings. The lowest BCUT2D eigenvalue weighted by Crippen LogP contribution is -2.17. The first-order chi connectivity index (χ1) is 4.29. The van der Waals surface area contributed by atoms with Gasteiger partial charge in [-0.05, 0) is 18.9 Å². The van der Waals surface area contributed by atoms with E-state index in [9.17, 15) is 0 Å². The second kappa shape index (κ2) is 2.64. The maximum Gasteiger partial charge on any atom is 0.0519 e. The minimum absolute atomic E-state index is 0.225. The standard InChI is InChI=1S/C6H11N3/c1-5(7)2-6-3-8-9-4-6/h3-5H,2,7H2,1H3,(H,8,9)/t5-/m0/s1. The van der Waals surface area contributed by atoms with Gasteiger partial charge in [0.15, 0.2) is 0 Å². The third-order valence-corrected chi connectivity index (χ3v) is 1.11. The zero-order chi connectivity index (χ0) is 6.69. The summed E-state index contributed by atoms with van der Waals surface area (Å²) in [4.78, 5) is 0. The highest BCUT2D eigenvalue weighted by atomic mass is 15.1. The zero-order valence-corrected chi connectivity index (χ0v) is 5.46. The number of hydrogen-bond donors (Lipinski definition) is 2. The Balaban J connectivity index is 2.48. The molecule has 3 N–H and O–H groups in total. The normalized spacial score (nSPS) is 13.6. The molecule has 1 aromatic rings. The quantitative estimate of drug-likeness (QED) is 0.597. The maximum absolute atomic E-state index is 5.54. The van der Waals surface area contributed by atoms with Crippen LogP contribution in [0.25, 0.3) is 0 Å². The lowest BCUT2D eigenvalue weighted by atomic mass is 10.2. The number of H-pyrrole nitrogens is 1. The topological polar surface area (TPSA) is 54.7 Å². The second-order valence-corrected chi connectivity index (χ2v) is 2.29. The van der Waals surface area contributed by atoms with E-state index in [1.54, 1.807) is 6.20 Å². The molecule has 0 saturated heterocycles. The van der Waals surface area contributed by atoms with Gasteiger partial charge in [-0.1, -0.05) is 0 Å². The van der Waals surface area contributed by atoms with Gasteiger partial charge in [0.25, 0.3) is 0 Å². The van der Waals surface area contributed by atoms with Crippen LogP contribution in [0, 0.1) is 0 Å². The van der Waals surface area contributed by atoms with Gasteiger partial charge < -0.3 is 5.73 Å². The predicted molar refractivity (Wildman–Crippen MR) is 35.9 cm³/mol. The highest BCUT2D eigenvalue weighted by molar-refractivity contribution is 5.03. The highest BCUT2D eigenvalue weighted by Gasteiger charge is 1.96. The molecule has 3 heteroatoms. The highest BCUT2D eigenvalue weighted by Crippen LogP contribution is 1.96. The number of nitrogens with one attached hydrogen (secondary N) is 1. The van der Waals surface area contributed by atoms with E-state index in [-0.39, 0.29) is 6.04 Å². The van der Waals surface area contributed by atoms with Crippen molar-refractivity contribution >= 4 is 0 Å². The molecule has 50 valence electrons. The Morgan fingerprint density at radius 3 is 3.11 bits per heavy atom. The Bertz CT molecular complexity index is 155. The van der Waals surface area contributed by atoms with Gasteiger partial charge in [0.2, 0.25) is 0 Å². The molecule has 0 amide bonds. The van der Waals surface area contributed by atoms with Crippen molar-refractivity contribution in [2.45, 2.75) is 19.4 Å². The summed E-state index contributed by atoms with van der Waals surface area (Å²) in [5.74, 6) is 0. The number of nitrogens with zero attached hydrogens (tertiary/aromatic N) is 1. The van der Waals surface area contributed by atoms with Crippen LogP contribution in [-0.2, 0) is 6.42 Å². The summed E-state index contributed by atoms with van der Waals surface area (Å²) in [6, 6.07) is 0.225. The first-order valence-electron chi connectivity index (χ1n) is 3.02. The maximum atomic E-state index is 5.54. The Morgan fingerprint density at radius 1 is 1.89 bits per heavy atom. The monoisotopic (exact) mass is 125 g/mol. The van der Waals surface area contributed by atoms with E-state index < -0.39 is 0 Å². The molecule has 1 rings (SSSR count). The number of nitrogens with two attached hydrogens (primary N) is 1. The van der Waals surface area contributed by atoms with Crippen molar-refractivity contribution in [1.82, 2.24) is 10.2 Å². The lowest BCUT2D eigenvalue weighted by molar-refractivity contribution is 0.738. The van der Waals surface area contributed by atoms with E-state index in [0.29, 0.717) is 0 Å². The van der Waals surface area contributed by atoms with E-state index in [0.717, 1.165) is 6.42 Å². The second-order valence-electron chi connectivity index (χ2n) is 2.29. The third-order valence-electron chi connectivity index (χ3n) is 1.11. The van der Waals surface area contributed by atoms with Gasteiger partial charge in [0.05, 0.1) is 6.20 Å². The molecule has 1 aromatic heterocycles. The van der Waals surface area contributed by atoms with Crippen LogP contribution < -0.4 is 5.73 Å². The molecule has 0 unspecified atom stereocenters. The molecule has 0 aliphatic carbocycles. The number of aromatic nitrogens is 2. The van der Waals surface area contributed by atoms with Gasteiger partial charge in [-0.25, -0.2) is 0 Å². The van der Waals surface area contributed by atoms with Crippen LogP contribution in [0.15, 0.2) is 12.4 Å². The van der Waals surface area contributed by atoms with Crippen LogP contribution in [0.1, 0.15) is 12.5 Å². The van der Waals surface area contributed by atoms with Gasteiger partial charge in [-0.15, -0.1) is 0 Å². The van der Waals surface area contributed by atoms with Crippen LogP contribution in [-0.4, -0.2) is 16.2 Å². The lowest BCUT2D eigenvalue weighted by Gasteiger charge is -1.98. The van der Waals surface area contributed by atoms with Gasteiger partial charge in [0.1, 0.15) is 0 Å². The first kappa shape index (κ1) is 6.29. The molecular weight excluding hydrogens is 114 g/mol. The fraction of sp³-hybridized carbons (Fsp3) is 0.500. The Morgan fingerprint density at radius 2 is 2.67 bits per heavy atom. The van der Waals surface area contributed by atoms with Gasteiger partial charge in [-0.3, -0.25) is 5.10 Å². The number of hydrogen-bond acceptors (Lipinski definition) is 2. The van der Waals surface area contributed by atoms with Crippen LogP contribution >= 0.6 is 0 Å². The van der Waals surface area contributed by atoms with E-state index in [1.165, 1.54) is 5.56 Å². The number of aromatic amines is 1. The van der Waals surface area contributed by atoms with Crippen molar-refractivity contribution in [2.75, 3.05) is 0 Å². The van der Waals surface area contributed by atoms with E-state index >= 15 is 0 Å². The Hall–Kier alpha value is -0.830. The molecule has 0 aliphatic heterocycles. The van der Waals surface area contributed by atoms with Crippen molar-refractivity contribution in [3.05, 3.63) is 18.0 Å². The summed E-state index contributed by atoms with van der Waals surface area (Å²) in [6.45, 7) is 1.98. The van der Waals surface area contributed by atoms with Gasteiger partial charge >= 0.3 is 0 Å². The van der Waals surface area contributed by atoms with Crippen LogP contribution in [0.4, 0.5) is 0 Å². The summed E-state index contributed by atoms with van der Waals surface area (Å²) >= 11 is 0. The van der Waals surface area contributed by atoms with Crippen molar-refractivity contribution in [3.8, 4) is 0 Å². The average Bonchev–Trinajstić information content (AvgIpc) is 2.15. The summed E-state index contributed by atoms with van der Waals surface area (Å²) in [7, 11) is 0. The summed E-state index contributed by atoms with van der Waals surface area (Å²) in [5, 5.41) is 6.52. The predicted octanol–water partition coefficient (Wildman–Crippen LogP) is 0.299. The summed E-state index contributed by atoms with van der Waals surface area (Å²) in [6.07, 6.45) is 4.56. The van der Waals surface area contributed by atoms with E-state index in [2.05, 4.69) is 10.2 Å². The molecule has 0 bridgehead atoms. The average molecular weight is 125 g/mol. The zero-order valence-electron chi connectivity index (χ0n) is 5.46. The molecule has 9 heavy (non-hydrogen) atoms. The molecule has 0 aromatic carbocycles. The summed E-state index contributed by atoms with van der Waals surface area (Å²) < 4.78 is 0. The van der Waals surface area contributed by atoms with Crippen molar-refractivity contribution in [1.29, 1.82) is 0 Å². The SMILES string of the molecule is C[C@H](N)Cc1cn[nH]c1. The Labute approximate surface area is 54.3 Å². The molecule has 0 radical (unpaired) electrons. The van der Waals surface area contributed by atoms with Gasteiger partial charge in [-0.2, -0.15) is 5.10 Å². The minimum Gasteiger partial charge on any atom is -0.328 e. The largest absolute Gasteiger partial charge is 0.328 e. The van der Waals surface area contributed by atoms with Crippen molar-refractivity contribution in [3.63, 3.8) is 0 Å². The van der Waals surface area contributed by atoms with Crippen LogP contribution in [0.5, 0.6) is 0 Å². The molecule has 3 nitrogen and oxygen atoms in total. The van der Waals surface area contributed by atoms with E-state index in [1.807, 2.05) is 13.1 Å². The molecular formula is C6H11N3. The Kier molecular flexibility index (Phi) is 1.85. The number of rotatable bonds is 2. The molecule has 1 heterocycles. The minimum atomic E-state index is 0.225. The molecule has 1 atom stereocenters. The van der Waals surface area contributed by atoms with Gasteiger partial charge in [0, 0.05) is 12.2 Å². The fourth-order valence-electron chi connectivity index (χ4n) is 0.761.